The van der Waals surface area contributed by atoms with E-state index >= 15 is 4.39 Å². The molecule has 3 aromatic heterocycles. The largest absolute Gasteiger partial charge is 0.378 e. The third-order valence-electron chi connectivity index (χ3n) is 10.1. The number of fused-ring (bicyclic) bond motifs is 2. The number of benzene rings is 1. The summed E-state index contributed by atoms with van der Waals surface area (Å²) in [5.74, 6) is -3.49. The third kappa shape index (κ3) is 6.39. The minimum atomic E-state index is -2.97. The van der Waals surface area contributed by atoms with Gasteiger partial charge in [0.25, 0.3) is 24.1 Å². The van der Waals surface area contributed by atoms with Gasteiger partial charge < -0.3 is 15.0 Å². The van der Waals surface area contributed by atoms with Crippen molar-refractivity contribution in [1.29, 1.82) is 0 Å². The number of nitrogens with one attached hydrogen (secondary N) is 2. The molecule has 0 spiro atoms. The average molecular weight is 735 g/mol. The van der Waals surface area contributed by atoms with Gasteiger partial charge in [-0.3, -0.25) is 43.8 Å². The predicted octanol–water partition coefficient (Wildman–Crippen LogP) is 2.33. The van der Waals surface area contributed by atoms with Gasteiger partial charge in [-0.05, 0) is 37.5 Å². The molecule has 8 rings (SSSR count). The van der Waals surface area contributed by atoms with E-state index in [2.05, 4.69) is 25.8 Å². The first-order valence-electron chi connectivity index (χ1n) is 17.2. The number of morpholine rings is 1. The van der Waals surface area contributed by atoms with Crippen LogP contribution in [0.25, 0.3) is 5.65 Å². The van der Waals surface area contributed by atoms with Gasteiger partial charge in [-0.15, -0.1) is 0 Å². The molecular weight excluding hydrogens is 701 g/mol. The Hall–Kier alpha value is -5.69. The predicted molar refractivity (Wildman–Crippen MR) is 178 cm³/mol. The Morgan fingerprint density at radius 2 is 1.75 bits per heavy atom. The Morgan fingerprint density at radius 3 is 2.47 bits per heavy atom. The van der Waals surface area contributed by atoms with Crippen LogP contribution in [0.4, 0.5) is 24.7 Å². The summed E-state index contributed by atoms with van der Waals surface area (Å²) in [6.07, 6.45) is 2.30. The lowest BCUT2D eigenvalue weighted by Crippen LogP contribution is -2.54. The van der Waals surface area contributed by atoms with Crippen molar-refractivity contribution in [2.75, 3.05) is 49.6 Å². The van der Waals surface area contributed by atoms with E-state index in [9.17, 15) is 32.8 Å². The number of carbonyl (C=O) groups is 5. The van der Waals surface area contributed by atoms with E-state index in [1.807, 2.05) is 9.80 Å². The molecule has 19 heteroatoms. The van der Waals surface area contributed by atoms with Crippen LogP contribution in [0.1, 0.15) is 80.5 Å². The smallest absolute Gasteiger partial charge is 0.284 e. The lowest BCUT2D eigenvalue weighted by molar-refractivity contribution is -0.136. The Labute approximate surface area is 298 Å². The summed E-state index contributed by atoms with van der Waals surface area (Å²) in [6, 6.07) is 2.64. The summed E-state index contributed by atoms with van der Waals surface area (Å²) in [5.41, 5.74) is -0.327. The van der Waals surface area contributed by atoms with Crippen LogP contribution >= 0.6 is 0 Å². The van der Waals surface area contributed by atoms with Crippen molar-refractivity contribution in [2.45, 2.75) is 50.7 Å². The fraction of sp³-hybridized carbons (Fsp3) is 0.412. The lowest BCUT2D eigenvalue weighted by Gasteiger charge is -2.32. The van der Waals surface area contributed by atoms with E-state index in [1.54, 1.807) is 12.3 Å². The zero-order chi connectivity index (χ0) is 37.0. The van der Waals surface area contributed by atoms with Crippen molar-refractivity contribution in [2.24, 2.45) is 0 Å². The number of rotatable bonds is 8. The highest BCUT2D eigenvalue weighted by atomic mass is 19.3. The van der Waals surface area contributed by atoms with E-state index in [0.29, 0.717) is 58.1 Å². The van der Waals surface area contributed by atoms with E-state index < -0.39 is 53.5 Å². The number of hydrogen-bond donors (Lipinski definition) is 2. The minimum Gasteiger partial charge on any atom is -0.378 e. The Morgan fingerprint density at radius 1 is 1.02 bits per heavy atom. The second kappa shape index (κ2) is 13.7. The summed E-state index contributed by atoms with van der Waals surface area (Å²) >= 11 is 0. The van der Waals surface area contributed by atoms with E-state index in [1.165, 1.54) is 27.7 Å². The first kappa shape index (κ1) is 34.4. The van der Waals surface area contributed by atoms with Crippen molar-refractivity contribution in [3.63, 3.8) is 0 Å². The second-order valence-corrected chi connectivity index (χ2v) is 13.3. The van der Waals surface area contributed by atoms with Gasteiger partial charge in [0, 0.05) is 57.1 Å². The molecule has 16 nitrogen and oxygen atoms in total. The first-order valence-corrected chi connectivity index (χ1v) is 17.2. The van der Waals surface area contributed by atoms with Crippen molar-refractivity contribution >= 4 is 46.7 Å². The molecule has 5 amide bonds. The monoisotopic (exact) mass is 734 g/mol. The van der Waals surface area contributed by atoms with Gasteiger partial charge in [-0.25, -0.2) is 22.7 Å². The molecule has 4 aliphatic rings. The zero-order valence-electron chi connectivity index (χ0n) is 28.1. The van der Waals surface area contributed by atoms with Crippen LogP contribution in [0, 0.1) is 5.82 Å². The summed E-state index contributed by atoms with van der Waals surface area (Å²) in [4.78, 5) is 72.9. The molecule has 7 heterocycles. The van der Waals surface area contributed by atoms with Crippen LogP contribution in [-0.4, -0.2) is 109 Å². The van der Waals surface area contributed by atoms with Crippen molar-refractivity contribution in [3.8, 4) is 0 Å². The Bertz CT molecular complexity index is 2160. The lowest BCUT2D eigenvalue weighted by atomic mass is 10.0. The molecule has 1 unspecified atom stereocenters. The van der Waals surface area contributed by atoms with Crippen LogP contribution in [0.3, 0.4) is 0 Å². The molecule has 3 fully saturated rings. The molecule has 0 radical (unpaired) electrons. The van der Waals surface area contributed by atoms with Crippen LogP contribution in [0.5, 0.6) is 0 Å². The minimum absolute atomic E-state index is 0.0146. The molecule has 276 valence electrons. The fourth-order valence-electron chi connectivity index (χ4n) is 7.27. The molecule has 53 heavy (non-hydrogen) atoms. The standard InChI is InChI=1S/C34H33F3N10O6/c35-23-14-21-20(33(51)47(34(21)52)25-1-2-27(48)41-32(25)50)13-18(23)16-43-6-3-19(4-7-43)46-17-24(28(42-46)29(36)37)39-31(49)22-15-38-45-8-5-26(40-30(22)45)44-9-11-53-12-10-44/h5,8,13-15,17,19,25,29H,1-4,6-7,9-12,16H2,(H,39,49)(H,41,48,50). The maximum atomic E-state index is 15.3. The van der Waals surface area contributed by atoms with Gasteiger partial charge in [0.15, 0.2) is 11.3 Å². The Balaban J connectivity index is 0.930. The highest BCUT2D eigenvalue weighted by molar-refractivity contribution is 6.23. The highest BCUT2D eigenvalue weighted by Crippen LogP contribution is 2.33. The fourth-order valence-corrected chi connectivity index (χ4v) is 7.27. The summed E-state index contributed by atoms with van der Waals surface area (Å²) < 4.78 is 51.9. The average Bonchev–Trinajstić information content (AvgIpc) is 3.84. The number of anilines is 2. The molecule has 0 bridgehead atoms. The SMILES string of the molecule is O=C1CCC(N2C(=O)c3cc(F)c(CN4CCC(n5cc(NC(=O)c6cnn7ccc(N8CCOCC8)nc67)c(C(F)F)n5)CC4)cc3C2=O)C(=O)N1. The number of hydrogen-bond acceptors (Lipinski definition) is 11. The van der Waals surface area contributed by atoms with Crippen LogP contribution in [-0.2, 0) is 20.9 Å². The number of alkyl halides is 2. The quantitative estimate of drug-likeness (QED) is 0.254. The zero-order valence-corrected chi connectivity index (χ0v) is 28.1. The number of aromatic nitrogens is 5. The number of carbonyl (C=O) groups excluding carboxylic acids is 5. The van der Waals surface area contributed by atoms with Gasteiger partial charge in [-0.2, -0.15) is 10.2 Å². The van der Waals surface area contributed by atoms with Crippen LogP contribution < -0.4 is 15.5 Å². The van der Waals surface area contributed by atoms with Gasteiger partial charge in [0.2, 0.25) is 11.8 Å². The number of nitrogens with zero attached hydrogens (tertiary/aromatic N) is 8. The summed E-state index contributed by atoms with van der Waals surface area (Å²) in [7, 11) is 0. The highest BCUT2D eigenvalue weighted by Gasteiger charge is 2.45. The summed E-state index contributed by atoms with van der Waals surface area (Å²) in [6.45, 7) is 3.34. The van der Waals surface area contributed by atoms with Crippen molar-refractivity contribution in [1.82, 2.24) is 39.5 Å². The van der Waals surface area contributed by atoms with Crippen LogP contribution in [0.15, 0.2) is 36.8 Å². The van der Waals surface area contributed by atoms with Gasteiger partial charge in [0.05, 0.1) is 42.3 Å². The van der Waals surface area contributed by atoms with Crippen LogP contribution in [0.2, 0.25) is 0 Å². The maximum absolute atomic E-state index is 15.3. The van der Waals surface area contributed by atoms with E-state index in [0.717, 1.165) is 11.0 Å². The maximum Gasteiger partial charge on any atom is 0.284 e. The van der Waals surface area contributed by atoms with Gasteiger partial charge >= 0.3 is 0 Å². The summed E-state index contributed by atoms with van der Waals surface area (Å²) in [5, 5.41) is 13.0. The van der Waals surface area contributed by atoms with E-state index in [4.69, 9.17) is 4.74 Å². The molecule has 0 aliphatic carbocycles. The molecule has 1 aromatic carbocycles. The molecular formula is C34H33F3N10O6. The molecule has 0 saturated carbocycles. The molecule has 1 atom stereocenters. The molecule has 4 aliphatic heterocycles. The first-order chi connectivity index (χ1) is 25.5. The topological polar surface area (TPSA) is 176 Å². The van der Waals surface area contributed by atoms with Crippen molar-refractivity contribution in [3.05, 3.63) is 70.6 Å². The number of ether oxygens (including phenoxy) is 1. The Kier molecular flexibility index (Phi) is 8.89. The number of likely N-dealkylation sites (tertiary alicyclic amines) is 1. The number of imide groups is 2. The van der Waals surface area contributed by atoms with Gasteiger partial charge in [-0.1, -0.05) is 0 Å². The molecule has 3 saturated heterocycles. The number of halogens is 3. The number of amides is 5. The second-order valence-electron chi connectivity index (χ2n) is 13.3. The van der Waals surface area contributed by atoms with Crippen molar-refractivity contribution < 1.29 is 41.9 Å². The molecule has 4 aromatic rings. The number of piperidine rings is 2. The third-order valence-corrected chi connectivity index (χ3v) is 10.1. The normalized spacial score (nSPS) is 20.1. The molecule has 2 N–H and O–H groups in total. The van der Waals surface area contributed by atoms with E-state index in [-0.39, 0.29) is 59.0 Å². The van der Waals surface area contributed by atoms with Gasteiger partial charge in [0.1, 0.15) is 23.2 Å².